The normalized spacial score (nSPS) is 20.4. The average molecular weight is 600 g/mol. The van der Waals surface area contributed by atoms with Crippen LogP contribution in [-0.2, 0) is 16.1 Å². The second-order valence-electron chi connectivity index (χ2n) is 11.7. The topological polar surface area (TPSA) is 120 Å². The molecule has 3 N–H and O–H groups in total. The molecule has 11 heteroatoms. The lowest BCUT2D eigenvalue weighted by Crippen LogP contribution is -2.38. The minimum absolute atomic E-state index is 0. The van der Waals surface area contributed by atoms with E-state index in [0.717, 1.165) is 55.4 Å². The number of carboxylic acids is 1. The molecular formula is C31H39ClFN5O4. The van der Waals surface area contributed by atoms with Gasteiger partial charge >= 0.3 is 5.97 Å². The predicted molar refractivity (Wildman–Crippen MR) is 160 cm³/mol. The summed E-state index contributed by atoms with van der Waals surface area (Å²) in [4.78, 5) is 47.1. The number of benzene rings is 2. The molecule has 1 aromatic heterocycles. The van der Waals surface area contributed by atoms with Crippen LogP contribution in [0.5, 0.6) is 0 Å². The van der Waals surface area contributed by atoms with Crippen molar-refractivity contribution in [3.8, 4) is 0 Å². The van der Waals surface area contributed by atoms with Crippen LogP contribution in [-0.4, -0.2) is 56.5 Å². The largest absolute Gasteiger partial charge is 0.481 e. The Morgan fingerprint density at radius 2 is 1.67 bits per heavy atom. The number of rotatable bonds is 7. The number of likely N-dealkylation sites (tertiary alicyclic amines) is 1. The van der Waals surface area contributed by atoms with Crippen LogP contribution in [0.1, 0.15) is 74.3 Å². The summed E-state index contributed by atoms with van der Waals surface area (Å²) >= 11 is 0. The zero-order valence-corrected chi connectivity index (χ0v) is 24.8. The van der Waals surface area contributed by atoms with Gasteiger partial charge in [0.15, 0.2) is 0 Å². The van der Waals surface area contributed by atoms with Gasteiger partial charge in [0.1, 0.15) is 5.82 Å². The van der Waals surface area contributed by atoms with Crippen LogP contribution in [0.15, 0.2) is 47.5 Å². The van der Waals surface area contributed by atoms with Crippen molar-refractivity contribution in [2.24, 2.45) is 16.8 Å². The minimum atomic E-state index is -0.720. The number of nitrogens with one attached hydrogen (secondary N) is 2. The van der Waals surface area contributed by atoms with Crippen molar-refractivity contribution in [1.29, 1.82) is 0 Å². The smallest absolute Gasteiger partial charge is 0.306 e. The molecule has 2 aromatic carbocycles. The number of amides is 2. The molecule has 3 aromatic rings. The number of piperidine rings is 1. The van der Waals surface area contributed by atoms with Crippen molar-refractivity contribution >= 4 is 41.2 Å². The number of aliphatic carboxylic acids is 1. The quantitative estimate of drug-likeness (QED) is 0.360. The lowest BCUT2D eigenvalue weighted by atomic mass is 9.85. The van der Waals surface area contributed by atoms with Crippen molar-refractivity contribution in [2.45, 2.75) is 71.0 Å². The van der Waals surface area contributed by atoms with E-state index in [0.29, 0.717) is 30.6 Å². The molecule has 226 valence electrons. The Morgan fingerprint density at radius 1 is 1.00 bits per heavy atom. The fourth-order valence-corrected chi connectivity index (χ4v) is 6.07. The van der Waals surface area contributed by atoms with Gasteiger partial charge in [-0.2, -0.15) is 4.99 Å². The van der Waals surface area contributed by atoms with Crippen LogP contribution in [0.4, 0.5) is 4.39 Å². The van der Waals surface area contributed by atoms with Crippen molar-refractivity contribution in [2.75, 3.05) is 13.1 Å². The summed E-state index contributed by atoms with van der Waals surface area (Å²) in [5, 5.41) is 12.4. The number of carboxylic acid groups (broad SMARTS) is 1. The number of hydrogen-bond acceptors (Lipinski definition) is 4. The van der Waals surface area contributed by atoms with Gasteiger partial charge in [-0.1, -0.05) is 6.07 Å². The number of H-pyrrole nitrogens is 1. The highest BCUT2D eigenvalue weighted by Gasteiger charge is 2.29. The molecule has 0 spiro atoms. The van der Waals surface area contributed by atoms with Gasteiger partial charge in [0.2, 0.25) is 11.5 Å². The minimum Gasteiger partial charge on any atom is -0.481 e. The van der Waals surface area contributed by atoms with Gasteiger partial charge in [0.25, 0.3) is 5.91 Å². The van der Waals surface area contributed by atoms with Crippen LogP contribution in [0, 0.1) is 17.7 Å². The number of imidazole rings is 1. The first kappa shape index (κ1) is 31.4. The summed E-state index contributed by atoms with van der Waals surface area (Å²) in [6.07, 6.45) is 4.31. The van der Waals surface area contributed by atoms with Crippen LogP contribution < -0.4 is 10.9 Å². The first-order valence-electron chi connectivity index (χ1n) is 14.5. The van der Waals surface area contributed by atoms with E-state index in [1.54, 1.807) is 0 Å². The summed E-state index contributed by atoms with van der Waals surface area (Å²) in [6.45, 7) is 6.09. The average Bonchev–Trinajstić information content (AvgIpc) is 3.30. The van der Waals surface area contributed by atoms with Gasteiger partial charge in [-0.15, -0.1) is 12.4 Å². The maximum absolute atomic E-state index is 13.4. The van der Waals surface area contributed by atoms with Crippen molar-refractivity contribution in [3.63, 3.8) is 0 Å². The van der Waals surface area contributed by atoms with E-state index >= 15 is 0 Å². The molecule has 1 saturated heterocycles. The number of carbonyl (C=O) groups is 3. The summed E-state index contributed by atoms with van der Waals surface area (Å²) < 4.78 is 15.5. The van der Waals surface area contributed by atoms with Gasteiger partial charge in [0, 0.05) is 30.1 Å². The van der Waals surface area contributed by atoms with Gasteiger partial charge < -0.3 is 20.0 Å². The Labute approximate surface area is 250 Å². The van der Waals surface area contributed by atoms with Gasteiger partial charge in [-0.05, 0) is 107 Å². The Morgan fingerprint density at radius 3 is 2.29 bits per heavy atom. The second kappa shape index (κ2) is 13.6. The highest BCUT2D eigenvalue weighted by atomic mass is 35.5. The number of fused-ring (bicyclic) bond motifs is 1. The Hall–Kier alpha value is -3.50. The molecule has 2 amide bonds. The zero-order valence-electron chi connectivity index (χ0n) is 24.0. The first-order valence-corrected chi connectivity index (χ1v) is 14.5. The summed E-state index contributed by atoms with van der Waals surface area (Å²) in [6, 6.07) is 11.7. The number of halogens is 2. The molecule has 1 aliphatic heterocycles. The fraction of sp³-hybridized carbons (Fsp3) is 0.484. The molecule has 0 radical (unpaired) electrons. The number of aromatic nitrogens is 2. The molecule has 2 heterocycles. The molecule has 2 fully saturated rings. The zero-order chi connectivity index (χ0) is 29.1. The Kier molecular flexibility index (Phi) is 10.2. The van der Waals surface area contributed by atoms with E-state index in [1.165, 1.54) is 24.3 Å². The third-order valence-electron chi connectivity index (χ3n) is 8.30. The molecule has 0 atom stereocenters. The third kappa shape index (κ3) is 7.28. The van der Waals surface area contributed by atoms with E-state index in [2.05, 4.69) is 30.8 Å². The van der Waals surface area contributed by atoms with E-state index in [4.69, 9.17) is 0 Å². The molecule has 5 rings (SSSR count). The van der Waals surface area contributed by atoms with Crippen molar-refractivity contribution in [1.82, 2.24) is 19.8 Å². The van der Waals surface area contributed by atoms with E-state index in [-0.39, 0.29) is 42.2 Å². The molecule has 1 aliphatic carbocycles. The highest BCUT2D eigenvalue weighted by molar-refractivity contribution is 5.95. The van der Waals surface area contributed by atoms with Crippen molar-refractivity contribution < 1.29 is 23.9 Å². The number of hydrogen-bond donors (Lipinski definition) is 3. The predicted octanol–water partition coefficient (Wildman–Crippen LogP) is 4.82. The van der Waals surface area contributed by atoms with Crippen LogP contribution in [0.2, 0.25) is 0 Å². The van der Waals surface area contributed by atoms with Crippen LogP contribution in [0.3, 0.4) is 0 Å². The van der Waals surface area contributed by atoms with E-state index < -0.39 is 17.7 Å². The van der Waals surface area contributed by atoms with Crippen LogP contribution >= 0.6 is 12.4 Å². The highest BCUT2D eigenvalue weighted by Crippen LogP contribution is 2.34. The molecule has 1 saturated carbocycles. The second-order valence-corrected chi connectivity index (χ2v) is 11.7. The summed E-state index contributed by atoms with van der Waals surface area (Å²) in [7, 11) is 0. The lowest BCUT2D eigenvalue weighted by molar-refractivity contribution is -0.143. The lowest BCUT2D eigenvalue weighted by Gasteiger charge is -2.30. The fourth-order valence-electron chi connectivity index (χ4n) is 6.07. The molecular weight excluding hydrogens is 561 g/mol. The molecule has 9 nitrogen and oxygen atoms in total. The third-order valence-corrected chi connectivity index (χ3v) is 8.30. The van der Waals surface area contributed by atoms with E-state index in [1.807, 2.05) is 26.0 Å². The maximum atomic E-state index is 13.4. The van der Waals surface area contributed by atoms with Gasteiger partial charge in [-0.3, -0.25) is 19.3 Å². The van der Waals surface area contributed by atoms with Gasteiger partial charge in [0.05, 0.1) is 17.0 Å². The molecule has 2 aliphatic rings. The number of carbonyl (C=O) groups excluding carboxylic acids is 2. The van der Waals surface area contributed by atoms with E-state index in [9.17, 15) is 23.9 Å². The molecule has 0 unspecified atom stereocenters. The SMILES string of the molecule is CC(C)NC(=O)[C@H]1CC[C@@H](n2/c(=N/C(=O)c3ccc(F)cc3)[nH]c3ccc(CN4CCC(C(=O)O)CC4)cc32)CC1.Cl. The number of aromatic amines is 1. The monoisotopic (exact) mass is 599 g/mol. The first-order chi connectivity index (χ1) is 19.7. The Balaban J connectivity index is 0.00000405. The summed E-state index contributed by atoms with van der Waals surface area (Å²) in [5.41, 5.74) is 3.62. The maximum Gasteiger partial charge on any atom is 0.306 e. The van der Waals surface area contributed by atoms with Gasteiger partial charge in [-0.25, -0.2) is 4.39 Å². The molecule has 42 heavy (non-hydrogen) atoms. The van der Waals surface area contributed by atoms with Crippen LogP contribution in [0.25, 0.3) is 11.0 Å². The van der Waals surface area contributed by atoms with Crippen molar-refractivity contribution in [3.05, 3.63) is 65.0 Å². The Bertz CT molecular complexity index is 1480. The number of nitrogens with zero attached hydrogens (tertiary/aromatic N) is 3. The summed E-state index contributed by atoms with van der Waals surface area (Å²) in [5.74, 6) is -1.82. The molecule has 0 bridgehead atoms. The standard InChI is InChI=1S/C31H38FN5O4.ClH/c1-19(2)33-28(38)22-6-10-25(11-7-22)37-27-17-20(18-36-15-13-23(14-16-36)30(40)41)3-12-26(27)34-31(37)35-29(39)21-4-8-24(32)9-5-21;/h3-5,8-9,12,17,19,22-23,25H,6-7,10-11,13-16,18H2,1-2H3,(H,33,38)(H,40,41)(H,34,35,39);1H/t22-,25+;.